The summed E-state index contributed by atoms with van der Waals surface area (Å²) in [7, 11) is 0. The Morgan fingerprint density at radius 2 is 2.20 bits per heavy atom. The van der Waals surface area contributed by atoms with Crippen LogP contribution in [0.3, 0.4) is 0 Å². The van der Waals surface area contributed by atoms with E-state index in [0.29, 0.717) is 20.9 Å². The largest absolute Gasteiger partial charge is 0.361 e. The summed E-state index contributed by atoms with van der Waals surface area (Å²) in [4.78, 5) is 27.7. The van der Waals surface area contributed by atoms with Crippen molar-refractivity contribution in [2.24, 2.45) is 0 Å². The van der Waals surface area contributed by atoms with Gasteiger partial charge >= 0.3 is 0 Å². The molecule has 0 aliphatic rings. The SMILES string of the molecule is Cc1cc(C(=O)Nc2nnc(SCC(=O)Nc3cccnc3)s2)no1. The highest BCUT2D eigenvalue weighted by molar-refractivity contribution is 8.01. The molecule has 3 heterocycles. The van der Waals surface area contributed by atoms with Crippen molar-refractivity contribution in [1.29, 1.82) is 0 Å². The monoisotopic (exact) mass is 376 g/mol. The van der Waals surface area contributed by atoms with Gasteiger partial charge in [-0.05, 0) is 19.1 Å². The normalized spacial score (nSPS) is 10.4. The maximum Gasteiger partial charge on any atom is 0.279 e. The zero-order chi connectivity index (χ0) is 17.6. The molecule has 0 radical (unpaired) electrons. The number of aryl methyl sites for hydroxylation is 1. The molecule has 0 spiro atoms. The van der Waals surface area contributed by atoms with Gasteiger partial charge in [-0.3, -0.25) is 19.9 Å². The first-order chi connectivity index (χ1) is 12.1. The Labute approximate surface area is 150 Å². The lowest BCUT2D eigenvalue weighted by molar-refractivity contribution is -0.113. The van der Waals surface area contributed by atoms with E-state index < -0.39 is 5.91 Å². The fraction of sp³-hybridized carbons (Fsp3) is 0.143. The summed E-state index contributed by atoms with van der Waals surface area (Å²) in [5.41, 5.74) is 0.791. The van der Waals surface area contributed by atoms with Crippen LogP contribution in [0.2, 0.25) is 0 Å². The fourth-order valence-corrected chi connectivity index (χ4v) is 3.26. The molecule has 2 amide bonds. The highest BCUT2D eigenvalue weighted by Gasteiger charge is 2.14. The van der Waals surface area contributed by atoms with Crippen molar-refractivity contribution < 1.29 is 14.1 Å². The highest BCUT2D eigenvalue weighted by atomic mass is 32.2. The summed E-state index contributed by atoms with van der Waals surface area (Å²) in [6, 6.07) is 5.01. The molecule has 11 heteroatoms. The van der Waals surface area contributed by atoms with E-state index in [1.165, 1.54) is 29.2 Å². The number of carbonyl (C=O) groups excluding carboxylic acids is 2. The van der Waals surface area contributed by atoms with E-state index in [1.807, 2.05) is 0 Å². The summed E-state index contributed by atoms with van der Waals surface area (Å²) in [5.74, 6) is 0.0916. The average Bonchev–Trinajstić information content (AvgIpc) is 3.23. The van der Waals surface area contributed by atoms with Crippen LogP contribution in [0.1, 0.15) is 16.2 Å². The third kappa shape index (κ3) is 4.84. The predicted molar refractivity (Wildman–Crippen MR) is 92.7 cm³/mol. The van der Waals surface area contributed by atoms with Gasteiger partial charge in [-0.15, -0.1) is 10.2 Å². The number of pyridine rings is 1. The number of hydrogen-bond acceptors (Lipinski definition) is 9. The molecule has 9 nitrogen and oxygen atoms in total. The quantitative estimate of drug-likeness (QED) is 0.496. The molecule has 3 rings (SSSR count). The zero-order valence-electron chi connectivity index (χ0n) is 12.9. The second kappa shape index (κ2) is 7.85. The standard InChI is InChI=1S/C14H12N6O3S2/c1-8-5-10(20-23-8)12(22)17-13-18-19-14(25-13)24-7-11(21)16-9-3-2-4-15-6-9/h2-6H,7H2,1H3,(H,16,21)(H,17,18,22). The lowest BCUT2D eigenvalue weighted by Crippen LogP contribution is -2.13. The molecule has 2 N–H and O–H groups in total. The van der Waals surface area contributed by atoms with Crippen LogP contribution in [0.5, 0.6) is 0 Å². The molecule has 3 aromatic rings. The Bertz CT molecular complexity index is 880. The molecule has 0 aromatic carbocycles. The number of nitrogens with zero attached hydrogens (tertiary/aromatic N) is 4. The van der Waals surface area contributed by atoms with Gasteiger partial charge < -0.3 is 9.84 Å². The van der Waals surface area contributed by atoms with Crippen LogP contribution in [-0.4, -0.2) is 37.9 Å². The Balaban J connectivity index is 1.50. The van der Waals surface area contributed by atoms with Gasteiger partial charge in [0.05, 0.1) is 17.6 Å². The first-order valence-electron chi connectivity index (χ1n) is 7.01. The van der Waals surface area contributed by atoms with E-state index in [-0.39, 0.29) is 17.4 Å². The minimum atomic E-state index is -0.432. The molecule has 0 saturated heterocycles. The lowest BCUT2D eigenvalue weighted by Gasteiger charge is -2.02. The molecule has 0 unspecified atom stereocenters. The summed E-state index contributed by atoms with van der Waals surface area (Å²) < 4.78 is 5.41. The first-order valence-corrected chi connectivity index (χ1v) is 8.81. The van der Waals surface area contributed by atoms with E-state index in [0.717, 1.165) is 0 Å². The second-order valence-electron chi connectivity index (χ2n) is 4.73. The van der Waals surface area contributed by atoms with Gasteiger partial charge in [0.2, 0.25) is 11.0 Å². The van der Waals surface area contributed by atoms with Crippen LogP contribution in [0.4, 0.5) is 10.8 Å². The molecule has 3 aromatic heterocycles. The molecule has 128 valence electrons. The number of thioether (sulfide) groups is 1. The number of amides is 2. The predicted octanol–water partition coefficient (Wildman–Crippen LogP) is 2.21. The van der Waals surface area contributed by atoms with Crippen molar-refractivity contribution in [3.8, 4) is 0 Å². The number of anilines is 2. The van der Waals surface area contributed by atoms with E-state index in [2.05, 4.69) is 31.0 Å². The Morgan fingerprint density at radius 3 is 2.92 bits per heavy atom. The molecule has 0 saturated carbocycles. The van der Waals surface area contributed by atoms with E-state index in [1.54, 1.807) is 31.5 Å². The number of carbonyl (C=O) groups is 2. The Kier molecular flexibility index (Phi) is 5.36. The molecular weight excluding hydrogens is 364 g/mol. The minimum absolute atomic E-state index is 0.165. The number of rotatable bonds is 6. The molecule has 0 aliphatic carbocycles. The number of hydrogen-bond donors (Lipinski definition) is 2. The van der Waals surface area contributed by atoms with Crippen LogP contribution in [-0.2, 0) is 4.79 Å². The van der Waals surface area contributed by atoms with Crippen LogP contribution in [0, 0.1) is 6.92 Å². The van der Waals surface area contributed by atoms with Gasteiger partial charge in [-0.1, -0.05) is 28.3 Å². The molecule has 25 heavy (non-hydrogen) atoms. The van der Waals surface area contributed by atoms with Gasteiger partial charge in [0.25, 0.3) is 5.91 Å². The van der Waals surface area contributed by atoms with Crippen LogP contribution in [0.25, 0.3) is 0 Å². The van der Waals surface area contributed by atoms with Crippen LogP contribution in [0.15, 0.2) is 39.5 Å². The number of nitrogens with one attached hydrogen (secondary N) is 2. The molecular formula is C14H12N6O3S2. The molecule has 0 fully saturated rings. The lowest BCUT2D eigenvalue weighted by atomic mass is 10.4. The minimum Gasteiger partial charge on any atom is -0.361 e. The summed E-state index contributed by atoms with van der Waals surface area (Å²) in [5, 5.41) is 17.0. The summed E-state index contributed by atoms with van der Waals surface area (Å²) in [6.07, 6.45) is 3.19. The Morgan fingerprint density at radius 1 is 1.32 bits per heavy atom. The third-order valence-corrected chi connectivity index (χ3v) is 4.73. The van der Waals surface area contributed by atoms with Crippen molar-refractivity contribution in [3.63, 3.8) is 0 Å². The van der Waals surface area contributed by atoms with Crippen LogP contribution < -0.4 is 10.6 Å². The van der Waals surface area contributed by atoms with Gasteiger partial charge in [0, 0.05) is 12.3 Å². The molecule has 0 aliphatic heterocycles. The van der Waals surface area contributed by atoms with E-state index >= 15 is 0 Å². The molecule has 0 atom stereocenters. The van der Waals surface area contributed by atoms with Crippen molar-refractivity contribution in [3.05, 3.63) is 42.0 Å². The van der Waals surface area contributed by atoms with Crippen molar-refractivity contribution in [1.82, 2.24) is 20.3 Å². The second-order valence-corrected chi connectivity index (χ2v) is 6.93. The average molecular weight is 376 g/mol. The van der Waals surface area contributed by atoms with Gasteiger partial charge in [0.15, 0.2) is 10.0 Å². The maximum absolute atomic E-state index is 11.9. The summed E-state index contributed by atoms with van der Waals surface area (Å²) >= 11 is 2.39. The zero-order valence-corrected chi connectivity index (χ0v) is 14.6. The van der Waals surface area contributed by atoms with Crippen LogP contribution >= 0.6 is 23.1 Å². The van der Waals surface area contributed by atoms with E-state index in [4.69, 9.17) is 4.52 Å². The van der Waals surface area contributed by atoms with Crippen molar-refractivity contribution in [2.75, 3.05) is 16.4 Å². The third-order valence-electron chi connectivity index (χ3n) is 2.76. The first kappa shape index (κ1) is 17.0. The molecule has 0 bridgehead atoms. The van der Waals surface area contributed by atoms with Gasteiger partial charge in [0.1, 0.15) is 5.76 Å². The van der Waals surface area contributed by atoms with Crippen molar-refractivity contribution >= 4 is 45.7 Å². The fourth-order valence-electron chi connectivity index (χ4n) is 1.71. The topological polar surface area (TPSA) is 123 Å². The number of aromatic nitrogens is 4. The highest BCUT2D eigenvalue weighted by Crippen LogP contribution is 2.25. The van der Waals surface area contributed by atoms with Gasteiger partial charge in [-0.2, -0.15) is 0 Å². The van der Waals surface area contributed by atoms with Crippen molar-refractivity contribution in [2.45, 2.75) is 11.3 Å². The van der Waals surface area contributed by atoms with Gasteiger partial charge in [-0.25, -0.2) is 0 Å². The smallest absolute Gasteiger partial charge is 0.279 e. The summed E-state index contributed by atoms with van der Waals surface area (Å²) in [6.45, 7) is 1.69. The van der Waals surface area contributed by atoms with E-state index in [9.17, 15) is 9.59 Å². The maximum atomic E-state index is 11.9. The Hall–Kier alpha value is -2.79.